The minimum absolute atomic E-state index is 0.0774. The second-order valence-corrected chi connectivity index (χ2v) is 10.1. The van der Waals surface area contributed by atoms with E-state index in [-0.39, 0.29) is 16.8 Å². The van der Waals surface area contributed by atoms with Gasteiger partial charge in [0.1, 0.15) is 17.6 Å². The van der Waals surface area contributed by atoms with Gasteiger partial charge in [-0.25, -0.2) is 4.98 Å². The van der Waals surface area contributed by atoms with Gasteiger partial charge in [-0.1, -0.05) is 12.1 Å². The van der Waals surface area contributed by atoms with Crippen LogP contribution in [0.25, 0.3) is 22.0 Å². The fourth-order valence-electron chi connectivity index (χ4n) is 4.20. The summed E-state index contributed by atoms with van der Waals surface area (Å²) in [7, 11) is 3.76. The number of fused-ring (bicyclic) bond motifs is 1. The van der Waals surface area contributed by atoms with E-state index in [1.807, 2.05) is 0 Å². The van der Waals surface area contributed by atoms with Gasteiger partial charge in [0.2, 0.25) is 0 Å². The first-order chi connectivity index (χ1) is 17.5. The Morgan fingerprint density at radius 3 is 2.27 bits per heavy atom. The molecule has 202 valence electrons. The number of rotatable bonds is 10. The van der Waals surface area contributed by atoms with Gasteiger partial charge in [0.25, 0.3) is 5.56 Å². The van der Waals surface area contributed by atoms with E-state index in [1.54, 1.807) is 37.4 Å². The molecule has 3 aromatic rings. The van der Waals surface area contributed by atoms with Crippen molar-refractivity contribution >= 4 is 17.2 Å². The summed E-state index contributed by atoms with van der Waals surface area (Å²) in [5.74, 6) is -0.0774. The van der Waals surface area contributed by atoms with Gasteiger partial charge in [-0.3, -0.25) is 14.5 Å². The number of nitrogens with zero attached hydrogens (tertiary/aromatic N) is 3. The average molecular weight is 511 g/mol. The minimum Gasteiger partial charge on any atom is -0.506 e. The van der Waals surface area contributed by atoms with Gasteiger partial charge in [0.15, 0.2) is 0 Å². The Hall–Kier alpha value is -3.07. The molecule has 1 heterocycles. The maximum absolute atomic E-state index is 11.9. The molecule has 0 amide bonds. The number of aldehydes is 1. The van der Waals surface area contributed by atoms with Crippen LogP contribution in [-0.2, 0) is 11.3 Å². The van der Waals surface area contributed by atoms with Crippen molar-refractivity contribution in [1.82, 2.24) is 19.8 Å². The van der Waals surface area contributed by atoms with Crippen LogP contribution in [0.3, 0.4) is 0 Å². The van der Waals surface area contributed by atoms with E-state index < -0.39 is 0 Å². The molecule has 0 fully saturated rings. The summed E-state index contributed by atoms with van der Waals surface area (Å²) < 4.78 is 5.17. The molecule has 2 aromatic carbocycles. The third-order valence-electron chi connectivity index (χ3n) is 6.52. The van der Waals surface area contributed by atoms with Crippen LogP contribution in [0.4, 0.5) is 0 Å². The smallest absolute Gasteiger partial charge is 0.258 e. The van der Waals surface area contributed by atoms with Crippen LogP contribution in [-0.4, -0.2) is 76.5 Å². The molecule has 37 heavy (non-hydrogen) atoms. The summed E-state index contributed by atoms with van der Waals surface area (Å²) in [6, 6.07) is 10.3. The second-order valence-electron chi connectivity index (χ2n) is 10.1. The molecule has 3 rings (SSSR count). The molecule has 0 spiro atoms. The van der Waals surface area contributed by atoms with E-state index in [0.29, 0.717) is 41.2 Å². The number of hydrogen-bond donors (Lipinski definition) is 2. The van der Waals surface area contributed by atoms with Crippen molar-refractivity contribution in [3.05, 3.63) is 58.1 Å². The van der Waals surface area contributed by atoms with Crippen molar-refractivity contribution in [3.63, 3.8) is 0 Å². The Morgan fingerprint density at radius 1 is 1.03 bits per heavy atom. The minimum atomic E-state index is -0.329. The number of ether oxygens (including phenoxy) is 1. The van der Waals surface area contributed by atoms with Crippen molar-refractivity contribution in [2.45, 2.75) is 66.3 Å². The van der Waals surface area contributed by atoms with Gasteiger partial charge in [-0.15, -0.1) is 0 Å². The highest BCUT2D eigenvalue weighted by Crippen LogP contribution is 2.31. The van der Waals surface area contributed by atoms with Crippen LogP contribution >= 0.6 is 0 Å². The van der Waals surface area contributed by atoms with Gasteiger partial charge >= 0.3 is 0 Å². The van der Waals surface area contributed by atoms with Gasteiger partial charge in [-0.05, 0) is 83.5 Å². The normalized spacial score (nSPS) is 11.6. The summed E-state index contributed by atoms with van der Waals surface area (Å²) in [4.78, 5) is 34.3. The van der Waals surface area contributed by atoms with Crippen molar-refractivity contribution in [1.29, 1.82) is 0 Å². The highest BCUT2D eigenvalue weighted by Gasteiger charge is 2.14. The summed E-state index contributed by atoms with van der Waals surface area (Å²) in [5.41, 5.74) is 2.66. The summed E-state index contributed by atoms with van der Waals surface area (Å²) in [6.45, 7) is 16.2. The lowest BCUT2D eigenvalue weighted by Gasteiger charge is -2.33. The topological polar surface area (TPSA) is 98.8 Å². The number of phenolic OH excluding ortho intramolecular Hbond substituents is 1. The maximum atomic E-state index is 11.9. The van der Waals surface area contributed by atoms with Crippen LogP contribution in [0.15, 0.2) is 41.5 Å². The van der Waals surface area contributed by atoms with E-state index in [0.717, 1.165) is 24.0 Å². The first-order valence-corrected chi connectivity index (χ1v) is 12.7. The summed E-state index contributed by atoms with van der Waals surface area (Å²) in [5, 5.41) is 10.5. The van der Waals surface area contributed by atoms with Crippen molar-refractivity contribution in [3.8, 4) is 16.9 Å². The quantitative estimate of drug-likeness (QED) is 0.382. The Labute approximate surface area is 220 Å². The van der Waals surface area contributed by atoms with Crippen molar-refractivity contribution in [2.75, 3.05) is 27.2 Å². The molecule has 0 atom stereocenters. The molecule has 0 aliphatic heterocycles. The third-order valence-corrected chi connectivity index (χ3v) is 6.52. The van der Waals surface area contributed by atoms with Crippen LogP contribution < -0.4 is 5.56 Å². The van der Waals surface area contributed by atoms with Crippen molar-refractivity contribution < 1.29 is 14.6 Å². The molecule has 8 heteroatoms. The summed E-state index contributed by atoms with van der Waals surface area (Å²) >= 11 is 0. The predicted octanol–water partition coefficient (Wildman–Crippen LogP) is 4.70. The first-order valence-electron chi connectivity index (χ1n) is 12.7. The number of carbonyl (C=O) groups excluding carboxylic acids is 1. The number of aromatic amines is 1. The molecule has 0 unspecified atom stereocenters. The number of H-pyrrole nitrogens is 1. The molecule has 0 radical (unpaired) electrons. The van der Waals surface area contributed by atoms with Gasteiger partial charge < -0.3 is 19.7 Å². The average Bonchev–Trinajstić information content (AvgIpc) is 2.84. The Balaban J connectivity index is 0.000000298. The molecule has 0 aliphatic rings. The fourth-order valence-corrected chi connectivity index (χ4v) is 4.20. The van der Waals surface area contributed by atoms with E-state index in [9.17, 15) is 14.7 Å². The Morgan fingerprint density at radius 2 is 1.70 bits per heavy atom. The number of nitrogens with one attached hydrogen (secondary N) is 1. The van der Waals surface area contributed by atoms with E-state index in [2.05, 4.69) is 68.4 Å². The lowest BCUT2D eigenvalue weighted by Crippen LogP contribution is -2.43. The number of phenols is 1. The van der Waals surface area contributed by atoms with Gasteiger partial charge in [0.05, 0.1) is 18.3 Å². The molecular formula is C29H42N4O4. The number of aromatic hydroxyl groups is 1. The maximum Gasteiger partial charge on any atom is 0.258 e. The molecule has 0 bridgehead atoms. The number of hydrogen-bond acceptors (Lipinski definition) is 7. The van der Waals surface area contributed by atoms with Crippen LogP contribution in [0.1, 0.15) is 57.5 Å². The van der Waals surface area contributed by atoms with E-state index >= 15 is 0 Å². The highest BCUT2D eigenvalue weighted by atomic mass is 16.5. The predicted molar refractivity (Wildman–Crippen MR) is 150 cm³/mol. The van der Waals surface area contributed by atoms with Gasteiger partial charge in [0, 0.05) is 43.9 Å². The first kappa shape index (κ1) is 30.2. The number of carbonyl (C=O) groups is 1. The molecule has 0 saturated heterocycles. The lowest BCUT2D eigenvalue weighted by atomic mass is 9.96. The number of benzene rings is 2. The highest BCUT2D eigenvalue weighted by molar-refractivity contribution is 5.89. The number of methoxy groups -OCH3 is 1. The Bertz CT molecular complexity index is 1210. The number of likely N-dealkylation sites (N-methyl/N-ethyl adjacent to an activating group) is 1. The SMILES string of the molecule is CC(C)N(C)CCN(C(C)C)C(C)C.COCc1cc(C=O)ccc1-c1cc(O)c2nc[nH]c(=O)c2c1. The van der Waals surface area contributed by atoms with Crippen LogP contribution in [0, 0.1) is 0 Å². The molecular weight excluding hydrogens is 468 g/mol. The fraction of sp³-hybridized carbons (Fsp3) is 0.483. The zero-order valence-electron chi connectivity index (χ0n) is 23.4. The largest absolute Gasteiger partial charge is 0.506 e. The zero-order valence-corrected chi connectivity index (χ0v) is 23.4. The van der Waals surface area contributed by atoms with Crippen molar-refractivity contribution in [2.24, 2.45) is 0 Å². The lowest BCUT2D eigenvalue weighted by molar-refractivity contribution is 0.112. The van der Waals surface area contributed by atoms with E-state index in [4.69, 9.17) is 4.74 Å². The number of aromatic nitrogens is 2. The molecule has 2 N–H and O–H groups in total. The second kappa shape index (κ2) is 14.0. The molecule has 8 nitrogen and oxygen atoms in total. The monoisotopic (exact) mass is 510 g/mol. The Kier molecular flexibility index (Phi) is 11.4. The standard InChI is InChI=1S/C17H14N2O4.C12H28N2/c1-23-8-12-4-10(7-20)2-3-13(12)11-5-14-16(15(21)6-11)18-9-19-17(14)22;1-10(2)13(7)8-9-14(11(3)4)12(5)6/h2-7,9,21H,8H2,1H3,(H,18,19,22);10-12H,8-9H2,1-7H3. The zero-order chi connectivity index (χ0) is 27.7. The molecule has 0 saturated carbocycles. The van der Waals surface area contributed by atoms with Gasteiger partial charge in [-0.2, -0.15) is 0 Å². The molecule has 1 aromatic heterocycles. The van der Waals surface area contributed by atoms with Crippen LogP contribution in [0.2, 0.25) is 0 Å². The van der Waals surface area contributed by atoms with E-state index in [1.165, 1.54) is 12.9 Å². The van der Waals surface area contributed by atoms with Crippen LogP contribution in [0.5, 0.6) is 5.75 Å². The molecule has 0 aliphatic carbocycles. The summed E-state index contributed by atoms with van der Waals surface area (Å²) in [6.07, 6.45) is 2.01. The third kappa shape index (κ3) is 8.21.